The minimum Gasteiger partial charge on any atom is -0.497 e. The number of carbonyl (C=O) groups excluding carboxylic acids is 1. The summed E-state index contributed by atoms with van der Waals surface area (Å²) in [6.07, 6.45) is -1.84. The van der Waals surface area contributed by atoms with Gasteiger partial charge in [-0.15, -0.1) is 0 Å². The number of ether oxygens (including phenoxy) is 1. The van der Waals surface area contributed by atoms with E-state index < -0.39 is 30.0 Å². The molecule has 0 aliphatic carbocycles. The number of halogens is 3. The molecule has 0 saturated carbocycles. The summed E-state index contributed by atoms with van der Waals surface area (Å²) in [5, 5.41) is 16.1. The molecule has 5 rings (SSSR count). The molecule has 10 nitrogen and oxygen atoms in total. The second-order valence-electron chi connectivity index (χ2n) is 10.3. The van der Waals surface area contributed by atoms with Gasteiger partial charge < -0.3 is 19.7 Å². The van der Waals surface area contributed by atoms with Crippen molar-refractivity contribution in [3.8, 4) is 28.6 Å². The molecule has 0 atom stereocenters. The molecule has 2 heterocycles. The van der Waals surface area contributed by atoms with Gasteiger partial charge in [-0.2, -0.15) is 18.2 Å². The van der Waals surface area contributed by atoms with Crippen LogP contribution < -0.4 is 10.1 Å². The quantitative estimate of drug-likeness (QED) is 0.168. The lowest BCUT2D eigenvalue weighted by Crippen LogP contribution is -2.29. The minimum atomic E-state index is -4.64. The molecular formula is C33H28F3N5O5. The summed E-state index contributed by atoms with van der Waals surface area (Å²) in [6.45, 7) is 0.405. The summed E-state index contributed by atoms with van der Waals surface area (Å²) in [5.74, 6) is -0.817. The fraction of sp³-hybridized carbons (Fsp3) is 0.182. The van der Waals surface area contributed by atoms with Gasteiger partial charge in [0.15, 0.2) is 0 Å². The molecule has 5 aromatic rings. The third-order valence-corrected chi connectivity index (χ3v) is 6.93. The highest BCUT2D eigenvalue weighted by Crippen LogP contribution is 2.35. The number of methoxy groups -OCH3 is 1. The van der Waals surface area contributed by atoms with Crippen molar-refractivity contribution in [3.63, 3.8) is 0 Å². The van der Waals surface area contributed by atoms with Crippen LogP contribution in [0.3, 0.4) is 0 Å². The molecule has 0 aliphatic rings. The monoisotopic (exact) mass is 631 g/mol. The number of aromatic nitrogens is 3. The summed E-state index contributed by atoms with van der Waals surface area (Å²) < 4.78 is 50.8. The van der Waals surface area contributed by atoms with Crippen LogP contribution in [0.25, 0.3) is 22.8 Å². The van der Waals surface area contributed by atoms with Gasteiger partial charge >= 0.3 is 12.1 Å². The number of carboxylic acid groups (broad SMARTS) is 1. The second-order valence-corrected chi connectivity index (χ2v) is 10.3. The molecule has 46 heavy (non-hydrogen) atoms. The molecule has 1 amide bonds. The molecule has 3 aromatic carbocycles. The van der Waals surface area contributed by atoms with Crippen molar-refractivity contribution in [3.05, 3.63) is 114 Å². The first-order valence-electron chi connectivity index (χ1n) is 14.0. The Balaban J connectivity index is 1.20. The predicted octanol–water partition coefficient (Wildman–Crippen LogP) is 6.09. The molecule has 0 saturated heterocycles. The van der Waals surface area contributed by atoms with Crippen molar-refractivity contribution in [2.45, 2.75) is 25.7 Å². The van der Waals surface area contributed by atoms with Gasteiger partial charge in [0.05, 0.1) is 25.6 Å². The van der Waals surface area contributed by atoms with E-state index in [-0.39, 0.29) is 17.9 Å². The molecule has 0 fully saturated rings. The topological polar surface area (TPSA) is 131 Å². The number of benzene rings is 3. The van der Waals surface area contributed by atoms with E-state index in [4.69, 9.17) is 9.26 Å². The number of hydrogen-bond donors (Lipinski definition) is 2. The van der Waals surface area contributed by atoms with Crippen LogP contribution in [0.5, 0.6) is 5.75 Å². The van der Waals surface area contributed by atoms with Crippen LogP contribution in [-0.4, -0.2) is 50.7 Å². The fourth-order valence-corrected chi connectivity index (χ4v) is 4.75. The Morgan fingerprint density at radius 3 is 2.26 bits per heavy atom. The summed E-state index contributed by atoms with van der Waals surface area (Å²) in [6, 6.07) is 21.1. The maximum atomic E-state index is 13.5. The van der Waals surface area contributed by atoms with Crippen molar-refractivity contribution >= 4 is 17.6 Å². The van der Waals surface area contributed by atoms with Crippen molar-refractivity contribution in [1.82, 2.24) is 20.0 Å². The zero-order valence-electron chi connectivity index (χ0n) is 24.5. The first-order chi connectivity index (χ1) is 22.1. The Morgan fingerprint density at radius 2 is 1.65 bits per heavy atom. The molecule has 236 valence electrons. The highest BCUT2D eigenvalue weighted by atomic mass is 19.4. The number of carboxylic acids is 1. The Kier molecular flexibility index (Phi) is 9.72. The second kappa shape index (κ2) is 14.0. The van der Waals surface area contributed by atoms with Gasteiger partial charge in [-0.1, -0.05) is 35.5 Å². The van der Waals surface area contributed by atoms with E-state index in [9.17, 15) is 27.9 Å². The fourth-order valence-electron chi connectivity index (χ4n) is 4.75. The Bertz CT molecular complexity index is 1790. The SMILES string of the molecule is COc1ccc(CC(=O)Nc2ccc(CN(CC(=O)O)Cc3ccc(-c4nc(-c5cccnc5)no4)cc3)cc2)c(C(F)(F)F)c1. The van der Waals surface area contributed by atoms with E-state index in [1.165, 1.54) is 19.2 Å². The number of nitrogens with one attached hydrogen (secondary N) is 1. The average molecular weight is 632 g/mol. The largest absolute Gasteiger partial charge is 0.497 e. The first-order valence-corrected chi connectivity index (χ1v) is 14.0. The smallest absolute Gasteiger partial charge is 0.416 e. The molecule has 0 spiro atoms. The number of nitrogens with zero attached hydrogens (tertiary/aromatic N) is 4. The van der Waals surface area contributed by atoms with Crippen molar-refractivity contribution in [2.75, 3.05) is 19.0 Å². The highest BCUT2D eigenvalue weighted by molar-refractivity contribution is 5.92. The number of hydrogen-bond acceptors (Lipinski definition) is 8. The van der Waals surface area contributed by atoms with Crippen molar-refractivity contribution < 1.29 is 37.1 Å². The lowest BCUT2D eigenvalue weighted by atomic mass is 10.0. The van der Waals surface area contributed by atoms with E-state index >= 15 is 0 Å². The van der Waals surface area contributed by atoms with Crippen molar-refractivity contribution in [2.24, 2.45) is 0 Å². The van der Waals surface area contributed by atoms with Crippen molar-refractivity contribution in [1.29, 1.82) is 0 Å². The molecule has 0 radical (unpaired) electrons. The minimum absolute atomic E-state index is 0.0421. The molecular weight excluding hydrogens is 603 g/mol. The average Bonchev–Trinajstić information content (AvgIpc) is 3.53. The number of anilines is 1. The zero-order chi connectivity index (χ0) is 32.7. The van der Waals surface area contributed by atoms with E-state index in [0.29, 0.717) is 36.1 Å². The number of aliphatic carboxylic acids is 1. The summed E-state index contributed by atoms with van der Waals surface area (Å²) >= 11 is 0. The molecule has 0 aliphatic heterocycles. The van der Waals surface area contributed by atoms with Gasteiger partial charge in [0.1, 0.15) is 5.75 Å². The van der Waals surface area contributed by atoms with Gasteiger partial charge in [-0.3, -0.25) is 19.5 Å². The lowest BCUT2D eigenvalue weighted by Gasteiger charge is -2.21. The maximum absolute atomic E-state index is 13.5. The van der Waals surface area contributed by atoms with Gasteiger partial charge in [0.2, 0.25) is 11.7 Å². The maximum Gasteiger partial charge on any atom is 0.416 e. The molecule has 2 aromatic heterocycles. The predicted molar refractivity (Wildman–Crippen MR) is 161 cm³/mol. The normalized spacial score (nSPS) is 11.4. The van der Waals surface area contributed by atoms with E-state index in [2.05, 4.69) is 20.4 Å². The molecule has 2 N–H and O–H groups in total. The Hall–Kier alpha value is -5.56. The lowest BCUT2D eigenvalue weighted by molar-refractivity contribution is -0.139. The first kappa shape index (κ1) is 31.9. The van der Waals surface area contributed by atoms with Gasteiger partial charge in [0, 0.05) is 42.3 Å². The third kappa shape index (κ3) is 8.33. The third-order valence-electron chi connectivity index (χ3n) is 6.93. The van der Waals surface area contributed by atoms with Gasteiger partial charge in [0.25, 0.3) is 5.89 Å². The summed E-state index contributed by atoms with van der Waals surface area (Å²) in [4.78, 5) is 34.4. The standard InChI is InChI=1S/C33H28F3N5O5/c1-45-27-13-10-24(28(16-27)33(34,35)36)15-29(42)38-26-11-6-22(7-12-26)19-41(20-30(43)44)18-21-4-8-23(9-5-21)32-39-31(40-46-32)25-3-2-14-37-17-25/h2-14,16-17H,15,18-20H2,1H3,(H,38,42)(H,43,44). The molecule has 0 bridgehead atoms. The van der Waals surface area contributed by atoms with Crippen LogP contribution >= 0.6 is 0 Å². The molecule has 0 unspecified atom stereocenters. The van der Waals surface area contributed by atoms with Gasteiger partial charge in [-0.05, 0) is 65.2 Å². The van der Waals surface area contributed by atoms with Crippen LogP contribution in [0, 0.1) is 0 Å². The number of pyridine rings is 1. The number of carbonyl (C=O) groups is 2. The van der Waals surface area contributed by atoms with E-state index in [1.54, 1.807) is 47.6 Å². The number of rotatable bonds is 12. The molecule has 13 heteroatoms. The Morgan fingerprint density at radius 1 is 0.957 bits per heavy atom. The van der Waals surface area contributed by atoms with Crippen LogP contribution in [0.4, 0.5) is 18.9 Å². The van der Waals surface area contributed by atoms with Gasteiger partial charge in [-0.25, -0.2) is 0 Å². The zero-order valence-corrected chi connectivity index (χ0v) is 24.5. The highest BCUT2D eigenvalue weighted by Gasteiger charge is 2.34. The number of amides is 1. The van der Waals surface area contributed by atoms with Crippen LogP contribution in [-0.2, 0) is 35.3 Å². The van der Waals surface area contributed by atoms with Crippen LogP contribution in [0.2, 0.25) is 0 Å². The Labute approximate surface area is 261 Å². The van der Waals surface area contributed by atoms with Crippen LogP contribution in [0.1, 0.15) is 22.3 Å². The van der Waals surface area contributed by atoms with E-state index in [1.807, 2.05) is 30.3 Å². The number of alkyl halides is 3. The summed E-state index contributed by atoms with van der Waals surface area (Å²) in [7, 11) is 1.27. The van der Waals surface area contributed by atoms with Crippen LogP contribution in [0.15, 0.2) is 95.8 Å². The summed E-state index contributed by atoms with van der Waals surface area (Å²) in [5.41, 5.74) is 2.35. The van der Waals surface area contributed by atoms with E-state index in [0.717, 1.165) is 22.8 Å².